The van der Waals surface area contributed by atoms with Gasteiger partial charge in [-0.25, -0.2) is 0 Å². The zero-order chi connectivity index (χ0) is 20.6. The average molecular weight is 403 g/mol. The van der Waals surface area contributed by atoms with Crippen molar-refractivity contribution >= 4 is 5.96 Å². The van der Waals surface area contributed by atoms with Crippen LogP contribution in [0.5, 0.6) is 5.75 Å². The van der Waals surface area contributed by atoms with Gasteiger partial charge in [0.2, 0.25) is 0 Å². The Morgan fingerprint density at radius 3 is 2.90 bits per heavy atom. The molecule has 2 heterocycles. The van der Waals surface area contributed by atoms with Crippen LogP contribution in [-0.2, 0) is 11.3 Å². The Labute approximate surface area is 176 Å². The normalized spacial score (nSPS) is 23.4. The van der Waals surface area contributed by atoms with Crippen LogP contribution in [-0.4, -0.2) is 62.9 Å². The van der Waals surface area contributed by atoms with Crippen LogP contribution in [0, 0.1) is 12.8 Å². The highest BCUT2D eigenvalue weighted by atomic mass is 16.5. The second-order valence-electron chi connectivity index (χ2n) is 8.62. The van der Waals surface area contributed by atoms with Crippen LogP contribution in [0.2, 0.25) is 0 Å². The third-order valence-electron chi connectivity index (χ3n) is 5.91. The van der Waals surface area contributed by atoms with Gasteiger partial charge < -0.3 is 25.0 Å². The van der Waals surface area contributed by atoms with Crippen molar-refractivity contribution in [2.45, 2.75) is 58.7 Å². The van der Waals surface area contributed by atoms with Crippen molar-refractivity contribution in [1.82, 2.24) is 15.5 Å². The number of hydrogen-bond acceptors (Lipinski definition) is 4. The smallest absolute Gasteiger partial charge is 0.191 e. The summed E-state index contributed by atoms with van der Waals surface area (Å²) in [4.78, 5) is 6.99. The molecule has 2 N–H and O–H groups in total. The maximum Gasteiger partial charge on any atom is 0.191 e. The second kappa shape index (κ2) is 10.8. The Morgan fingerprint density at radius 1 is 1.31 bits per heavy atom. The van der Waals surface area contributed by atoms with Crippen molar-refractivity contribution in [3.8, 4) is 5.75 Å². The number of rotatable bonds is 7. The lowest BCUT2D eigenvalue weighted by Gasteiger charge is -2.35. The lowest BCUT2D eigenvalue weighted by atomic mass is 9.97. The van der Waals surface area contributed by atoms with Crippen molar-refractivity contribution in [3.63, 3.8) is 0 Å². The Bertz CT molecular complexity index is 671. The van der Waals surface area contributed by atoms with Crippen LogP contribution in [0.15, 0.2) is 23.2 Å². The molecule has 2 aliphatic rings. The highest BCUT2D eigenvalue weighted by Crippen LogP contribution is 2.24. The third-order valence-corrected chi connectivity index (χ3v) is 5.91. The van der Waals surface area contributed by atoms with Gasteiger partial charge in [0.05, 0.1) is 13.2 Å². The average Bonchev–Trinajstić information content (AvgIpc) is 3.22. The topological polar surface area (TPSA) is 58.1 Å². The Balaban J connectivity index is 1.51. The molecule has 29 heavy (non-hydrogen) atoms. The van der Waals surface area contributed by atoms with Crippen molar-refractivity contribution in [2.75, 3.05) is 39.9 Å². The number of ether oxygens (including phenoxy) is 2. The third kappa shape index (κ3) is 6.61. The van der Waals surface area contributed by atoms with Gasteiger partial charge in [-0.05, 0) is 57.7 Å². The molecule has 2 aliphatic heterocycles. The van der Waals surface area contributed by atoms with Gasteiger partial charge in [-0.3, -0.25) is 4.99 Å². The fraction of sp³-hybridized carbons (Fsp3) is 0.696. The minimum Gasteiger partial charge on any atom is -0.488 e. The number of benzene rings is 1. The zero-order valence-electron chi connectivity index (χ0n) is 18.5. The summed E-state index contributed by atoms with van der Waals surface area (Å²) in [7, 11) is 1.83. The molecule has 3 rings (SSSR count). The minimum atomic E-state index is 0.156. The summed E-state index contributed by atoms with van der Waals surface area (Å²) in [5.74, 6) is 2.47. The molecule has 1 aromatic rings. The molecule has 2 saturated heterocycles. The van der Waals surface area contributed by atoms with Crippen LogP contribution in [0.3, 0.4) is 0 Å². The van der Waals surface area contributed by atoms with E-state index in [1.807, 2.05) is 7.05 Å². The molecule has 1 aromatic carbocycles. The van der Waals surface area contributed by atoms with Crippen LogP contribution in [0.25, 0.3) is 0 Å². The van der Waals surface area contributed by atoms with Gasteiger partial charge in [0, 0.05) is 44.7 Å². The molecule has 0 radical (unpaired) electrons. The summed E-state index contributed by atoms with van der Waals surface area (Å²) in [6.07, 6.45) is 3.68. The van der Waals surface area contributed by atoms with E-state index in [1.54, 1.807) is 0 Å². The SMILES string of the molecule is CN=C(NCc1ccc(C)cc1OC1CCOC1)NCC1CCCN(C(C)C)C1. The van der Waals surface area contributed by atoms with E-state index in [0.29, 0.717) is 25.1 Å². The number of guanidine groups is 1. The molecule has 0 amide bonds. The van der Waals surface area contributed by atoms with Crippen LogP contribution in [0.4, 0.5) is 0 Å². The van der Waals surface area contributed by atoms with E-state index >= 15 is 0 Å². The summed E-state index contributed by atoms with van der Waals surface area (Å²) >= 11 is 0. The largest absolute Gasteiger partial charge is 0.488 e. The first-order chi connectivity index (χ1) is 14.0. The van der Waals surface area contributed by atoms with Crippen LogP contribution < -0.4 is 15.4 Å². The highest BCUT2D eigenvalue weighted by Gasteiger charge is 2.22. The van der Waals surface area contributed by atoms with Crippen LogP contribution >= 0.6 is 0 Å². The number of likely N-dealkylation sites (tertiary alicyclic amines) is 1. The first kappa shape index (κ1) is 21.9. The van der Waals surface area contributed by atoms with E-state index in [-0.39, 0.29) is 6.10 Å². The highest BCUT2D eigenvalue weighted by molar-refractivity contribution is 5.79. The van der Waals surface area contributed by atoms with Gasteiger partial charge in [0.15, 0.2) is 5.96 Å². The predicted molar refractivity (Wildman–Crippen MR) is 119 cm³/mol. The standard InChI is InChI=1S/C23H38N4O2/c1-17(2)27-10-5-6-19(15-27)13-25-23(24-4)26-14-20-8-7-18(3)12-22(20)29-21-9-11-28-16-21/h7-8,12,17,19,21H,5-6,9-11,13-16H2,1-4H3,(H2,24,25,26). The fourth-order valence-electron chi connectivity index (χ4n) is 4.08. The van der Waals surface area contributed by atoms with E-state index in [0.717, 1.165) is 36.8 Å². The van der Waals surface area contributed by atoms with Crippen molar-refractivity contribution in [3.05, 3.63) is 29.3 Å². The number of nitrogens with one attached hydrogen (secondary N) is 2. The first-order valence-electron chi connectivity index (χ1n) is 11.1. The van der Waals surface area contributed by atoms with E-state index in [4.69, 9.17) is 9.47 Å². The minimum absolute atomic E-state index is 0.156. The molecule has 0 bridgehead atoms. The monoisotopic (exact) mass is 402 g/mol. The quantitative estimate of drug-likeness (QED) is 0.542. The molecule has 162 valence electrons. The Kier molecular flexibility index (Phi) is 8.19. The van der Waals surface area contributed by atoms with Gasteiger partial charge in [0.1, 0.15) is 11.9 Å². The molecule has 0 spiro atoms. The van der Waals surface area contributed by atoms with E-state index in [9.17, 15) is 0 Å². The molecule has 6 heteroatoms. The Morgan fingerprint density at radius 2 is 2.17 bits per heavy atom. The van der Waals surface area contributed by atoms with Gasteiger partial charge in [-0.2, -0.15) is 0 Å². The van der Waals surface area contributed by atoms with Crippen molar-refractivity contribution < 1.29 is 9.47 Å². The van der Waals surface area contributed by atoms with Gasteiger partial charge in [-0.1, -0.05) is 12.1 Å². The summed E-state index contributed by atoms with van der Waals surface area (Å²) in [5.41, 5.74) is 2.35. The van der Waals surface area contributed by atoms with E-state index in [2.05, 4.69) is 59.5 Å². The number of aliphatic imine (C=N–C) groups is 1. The summed E-state index contributed by atoms with van der Waals surface area (Å²) in [6, 6.07) is 7.02. The summed E-state index contributed by atoms with van der Waals surface area (Å²) < 4.78 is 11.7. The molecule has 0 aliphatic carbocycles. The van der Waals surface area contributed by atoms with Crippen LogP contribution in [0.1, 0.15) is 44.2 Å². The van der Waals surface area contributed by atoms with Gasteiger partial charge >= 0.3 is 0 Å². The van der Waals surface area contributed by atoms with E-state index < -0.39 is 0 Å². The lowest BCUT2D eigenvalue weighted by molar-refractivity contribution is 0.140. The van der Waals surface area contributed by atoms with Crippen molar-refractivity contribution in [2.24, 2.45) is 10.9 Å². The zero-order valence-corrected chi connectivity index (χ0v) is 18.5. The Hall–Kier alpha value is -1.79. The lowest BCUT2D eigenvalue weighted by Crippen LogP contribution is -2.46. The molecule has 2 unspecified atom stereocenters. The molecule has 2 fully saturated rings. The maximum absolute atomic E-state index is 6.21. The summed E-state index contributed by atoms with van der Waals surface area (Å²) in [6.45, 7) is 12.2. The number of aryl methyl sites for hydroxylation is 1. The molecule has 2 atom stereocenters. The number of piperidine rings is 1. The summed E-state index contributed by atoms with van der Waals surface area (Å²) in [5, 5.41) is 6.98. The van der Waals surface area contributed by atoms with Crippen molar-refractivity contribution in [1.29, 1.82) is 0 Å². The molecule has 0 saturated carbocycles. The molecule has 0 aromatic heterocycles. The predicted octanol–water partition coefficient (Wildman–Crippen LogP) is 2.95. The maximum atomic E-state index is 6.21. The van der Waals surface area contributed by atoms with Gasteiger partial charge in [-0.15, -0.1) is 0 Å². The van der Waals surface area contributed by atoms with Gasteiger partial charge in [0.25, 0.3) is 0 Å². The second-order valence-corrected chi connectivity index (χ2v) is 8.62. The van der Waals surface area contributed by atoms with E-state index in [1.165, 1.54) is 31.5 Å². The molecular weight excluding hydrogens is 364 g/mol. The fourth-order valence-corrected chi connectivity index (χ4v) is 4.08. The number of hydrogen-bond donors (Lipinski definition) is 2. The molecular formula is C23H38N4O2. The molecule has 6 nitrogen and oxygen atoms in total. The first-order valence-corrected chi connectivity index (χ1v) is 11.1. The number of nitrogens with zero attached hydrogens (tertiary/aromatic N) is 2.